The number of Topliss-reactive ketones (excluding diaryl/α,β-unsaturated/α-hetero) is 1. The lowest BCUT2D eigenvalue weighted by Gasteiger charge is -2.37. The summed E-state index contributed by atoms with van der Waals surface area (Å²) in [6, 6.07) is 5.97. The van der Waals surface area contributed by atoms with Crippen LogP contribution in [0.25, 0.3) is 0 Å². The summed E-state index contributed by atoms with van der Waals surface area (Å²) in [6.07, 6.45) is 0.111. The summed E-state index contributed by atoms with van der Waals surface area (Å²) in [4.78, 5) is 13.5. The minimum atomic E-state index is 0.111. The molecule has 1 aliphatic heterocycles. The van der Waals surface area contributed by atoms with Gasteiger partial charge >= 0.3 is 0 Å². The van der Waals surface area contributed by atoms with Crippen LogP contribution in [-0.2, 0) is 11.3 Å². The van der Waals surface area contributed by atoms with Gasteiger partial charge in [0.1, 0.15) is 17.6 Å². The number of fused-ring (bicyclic) bond motifs is 1. The Labute approximate surface area is 114 Å². The molecule has 104 valence electrons. The van der Waals surface area contributed by atoms with Crippen LogP contribution >= 0.6 is 0 Å². The molecule has 0 aliphatic carbocycles. The number of anilines is 1. The summed E-state index contributed by atoms with van der Waals surface area (Å²) in [7, 11) is 0. The number of nitrogens with two attached hydrogens (primary N) is 1. The topological polar surface area (TPSA) is 55.6 Å². The second kappa shape index (κ2) is 5.61. The smallest absolute Gasteiger partial charge is 0.149 e. The van der Waals surface area contributed by atoms with Gasteiger partial charge in [-0.05, 0) is 30.5 Å². The molecule has 0 radical (unpaired) electrons. The van der Waals surface area contributed by atoms with E-state index in [0.29, 0.717) is 19.0 Å². The van der Waals surface area contributed by atoms with Gasteiger partial charge in [0.15, 0.2) is 0 Å². The first-order chi connectivity index (χ1) is 9.01. The van der Waals surface area contributed by atoms with Crippen molar-refractivity contribution in [1.82, 2.24) is 0 Å². The molecule has 2 rings (SSSR count). The van der Waals surface area contributed by atoms with Gasteiger partial charge < -0.3 is 15.4 Å². The lowest BCUT2D eigenvalue weighted by Crippen LogP contribution is -2.44. The lowest BCUT2D eigenvalue weighted by molar-refractivity contribution is -0.115. The summed E-state index contributed by atoms with van der Waals surface area (Å²) in [6.45, 7) is 7.57. The van der Waals surface area contributed by atoms with Crippen LogP contribution in [0.15, 0.2) is 18.2 Å². The molecule has 0 amide bonds. The maximum Gasteiger partial charge on any atom is 0.149 e. The van der Waals surface area contributed by atoms with Crippen LogP contribution in [0.5, 0.6) is 5.75 Å². The zero-order valence-corrected chi connectivity index (χ0v) is 11.8. The van der Waals surface area contributed by atoms with Gasteiger partial charge in [0, 0.05) is 6.54 Å². The van der Waals surface area contributed by atoms with Crippen molar-refractivity contribution in [1.29, 1.82) is 0 Å². The first-order valence-electron chi connectivity index (χ1n) is 6.75. The number of ether oxygens (including phenoxy) is 1. The average Bonchev–Trinajstić information content (AvgIpc) is 2.37. The van der Waals surface area contributed by atoms with Gasteiger partial charge in [-0.1, -0.05) is 19.9 Å². The number of rotatable bonds is 4. The van der Waals surface area contributed by atoms with Crippen LogP contribution in [0, 0.1) is 5.92 Å². The first-order valence-corrected chi connectivity index (χ1v) is 6.75. The fourth-order valence-electron chi connectivity index (χ4n) is 2.32. The molecule has 1 aromatic rings. The Morgan fingerprint density at radius 1 is 1.53 bits per heavy atom. The minimum Gasteiger partial charge on any atom is -0.486 e. The molecule has 1 atom stereocenters. The van der Waals surface area contributed by atoms with Crippen molar-refractivity contribution in [2.24, 2.45) is 11.7 Å². The van der Waals surface area contributed by atoms with Gasteiger partial charge in [0.05, 0.1) is 18.8 Å². The monoisotopic (exact) mass is 262 g/mol. The highest BCUT2D eigenvalue weighted by Crippen LogP contribution is 2.35. The zero-order valence-electron chi connectivity index (χ0n) is 11.8. The maximum atomic E-state index is 11.4. The van der Waals surface area contributed by atoms with E-state index in [1.807, 2.05) is 18.2 Å². The van der Waals surface area contributed by atoms with Gasteiger partial charge in [-0.2, -0.15) is 0 Å². The van der Waals surface area contributed by atoms with E-state index in [-0.39, 0.29) is 11.9 Å². The largest absolute Gasteiger partial charge is 0.486 e. The Morgan fingerprint density at radius 2 is 2.26 bits per heavy atom. The van der Waals surface area contributed by atoms with Crippen LogP contribution < -0.4 is 15.4 Å². The molecular weight excluding hydrogens is 240 g/mol. The van der Waals surface area contributed by atoms with E-state index in [2.05, 4.69) is 18.7 Å². The average molecular weight is 262 g/mol. The third kappa shape index (κ3) is 3.07. The third-order valence-corrected chi connectivity index (χ3v) is 3.44. The number of ketones is 1. The quantitative estimate of drug-likeness (QED) is 0.901. The molecule has 0 fully saturated rings. The second-order valence-corrected chi connectivity index (χ2v) is 5.49. The van der Waals surface area contributed by atoms with Crippen LogP contribution in [0.3, 0.4) is 0 Å². The molecular formula is C15H22N2O2. The number of hydrogen-bond donors (Lipinski definition) is 1. The van der Waals surface area contributed by atoms with E-state index in [1.54, 1.807) is 6.92 Å². The number of hydrogen-bond acceptors (Lipinski definition) is 4. The van der Waals surface area contributed by atoms with Crippen LogP contribution in [0.4, 0.5) is 5.69 Å². The van der Waals surface area contributed by atoms with E-state index in [4.69, 9.17) is 10.5 Å². The molecule has 1 unspecified atom stereocenters. The number of carbonyl (C=O) groups excluding carboxylic acids is 1. The summed E-state index contributed by atoms with van der Waals surface area (Å²) in [5.74, 6) is 1.41. The van der Waals surface area contributed by atoms with Crippen molar-refractivity contribution in [2.45, 2.75) is 33.4 Å². The van der Waals surface area contributed by atoms with Crippen molar-refractivity contribution in [3.05, 3.63) is 23.8 Å². The van der Waals surface area contributed by atoms with Crippen molar-refractivity contribution in [2.75, 3.05) is 18.0 Å². The van der Waals surface area contributed by atoms with E-state index >= 15 is 0 Å². The molecule has 2 N–H and O–H groups in total. The normalized spacial score (nSPS) is 18.2. The second-order valence-electron chi connectivity index (χ2n) is 5.49. The van der Waals surface area contributed by atoms with Crippen molar-refractivity contribution < 1.29 is 9.53 Å². The van der Waals surface area contributed by atoms with Crippen molar-refractivity contribution in [3.63, 3.8) is 0 Å². The van der Waals surface area contributed by atoms with Gasteiger partial charge in [-0.15, -0.1) is 0 Å². The zero-order chi connectivity index (χ0) is 14.0. The van der Waals surface area contributed by atoms with Gasteiger partial charge in [0.2, 0.25) is 0 Å². The SMILES string of the molecule is CC(=O)CN1CC(C(C)C)Oc2cc(CN)ccc21. The molecule has 1 aromatic carbocycles. The van der Waals surface area contributed by atoms with E-state index in [1.165, 1.54) is 0 Å². The highest BCUT2D eigenvalue weighted by atomic mass is 16.5. The Balaban J connectivity index is 2.34. The Bertz CT molecular complexity index is 471. The highest BCUT2D eigenvalue weighted by Gasteiger charge is 2.28. The lowest BCUT2D eigenvalue weighted by atomic mass is 10.0. The standard InChI is InChI=1S/C15H22N2O2/c1-10(2)15-9-17(8-11(3)18)13-5-4-12(7-16)6-14(13)19-15/h4-6,10,15H,7-9,16H2,1-3H3. The van der Waals surface area contributed by atoms with Crippen LogP contribution in [0.2, 0.25) is 0 Å². The molecule has 1 heterocycles. The highest BCUT2D eigenvalue weighted by molar-refractivity contribution is 5.82. The third-order valence-electron chi connectivity index (χ3n) is 3.44. The molecule has 0 bridgehead atoms. The van der Waals surface area contributed by atoms with Gasteiger partial charge in [-0.3, -0.25) is 4.79 Å². The molecule has 0 saturated carbocycles. The molecule has 0 aromatic heterocycles. The first kappa shape index (κ1) is 13.9. The molecule has 1 aliphatic rings. The van der Waals surface area contributed by atoms with Crippen molar-refractivity contribution >= 4 is 11.5 Å². The Kier molecular flexibility index (Phi) is 4.10. The summed E-state index contributed by atoms with van der Waals surface area (Å²) < 4.78 is 6.04. The minimum absolute atomic E-state index is 0.111. The van der Waals surface area contributed by atoms with E-state index in [9.17, 15) is 4.79 Å². The van der Waals surface area contributed by atoms with Crippen LogP contribution in [0.1, 0.15) is 26.3 Å². The molecule has 19 heavy (non-hydrogen) atoms. The summed E-state index contributed by atoms with van der Waals surface area (Å²) in [5.41, 5.74) is 7.71. The van der Waals surface area contributed by atoms with Gasteiger partial charge in [0.25, 0.3) is 0 Å². The molecule has 0 saturated heterocycles. The Morgan fingerprint density at radius 3 is 2.84 bits per heavy atom. The fourth-order valence-corrected chi connectivity index (χ4v) is 2.32. The predicted molar refractivity (Wildman–Crippen MR) is 76.5 cm³/mol. The number of nitrogens with zero attached hydrogens (tertiary/aromatic N) is 1. The summed E-state index contributed by atoms with van der Waals surface area (Å²) in [5, 5.41) is 0. The summed E-state index contributed by atoms with van der Waals surface area (Å²) >= 11 is 0. The molecule has 0 spiro atoms. The van der Waals surface area contributed by atoms with E-state index < -0.39 is 0 Å². The predicted octanol–water partition coefficient (Wildman–Crippen LogP) is 1.96. The Hall–Kier alpha value is -1.55. The van der Waals surface area contributed by atoms with Gasteiger partial charge in [-0.25, -0.2) is 0 Å². The van der Waals surface area contributed by atoms with Crippen LogP contribution in [-0.4, -0.2) is 25.0 Å². The van der Waals surface area contributed by atoms with E-state index in [0.717, 1.165) is 23.5 Å². The molecule has 4 heteroatoms. The number of carbonyl (C=O) groups is 1. The number of benzene rings is 1. The fraction of sp³-hybridized carbons (Fsp3) is 0.533. The molecule has 4 nitrogen and oxygen atoms in total. The van der Waals surface area contributed by atoms with Crippen molar-refractivity contribution in [3.8, 4) is 5.75 Å². The maximum absolute atomic E-state index is 11.4.